The highest BCUT2D eigenvalue weighted by atomic mass is 127. The zero-order valence-corrected chi connectivity index (χ0v) is 8.76. The molecule has 5 heavy (non-hydrogen) atoms. The van der Waals surface area contributed by atoms with Gasteiger partial charge in [-0.3, -0.25) is 0 Å². The van der Waals surface area contributed by atoms with Crippen molar-refractivity contribution in [1.82, 2.24) is 0 Å². The summed E-state index contributed by atoms with van der Waals surface area (Å²) in [7, 11) is 0. The fourth-order valence-electron chi connectivity index (χ4n) is 0. The molecule has 0 bridgehead atoms. The van der Waals surface area contributed by atoms with Crippen LogP contribution in [0.2, 0.25) is 0 Å². The molecule has 0 aromatic rings. The molecule has 0 nitrogen and oxygen atoms in total. The Morgan fingerprint density at radius 3 is 1.60 bits per heavy atom. The number of hydrogen-bond acceptors (Lipinski definition) is 0. The van der Waals surface area contributed by atoms with Gasteiger partial charge >= 0.3 is 0 Å². The quantitative estimate of drug-likeness (QED) is 0.464. The molecule has 0 amide bonds. The number of alkyl halides is 2. The van der Waals surface area contributed by atoms with Crippen molar-refractivity contribution in [1.29, 1.82) is 0 Å². The highest BCUT2D eigenvalue weighted by Gasteiger charge is 1.87. The highest BCUT2D eigenvalue weighted by Crippen LogP contribution is 2.16. The molecule has 0 spiro atoms. The lowest BCUT2D eigenvalue weighted by Crippen LogP contribution is -1.70. The van der Waals surface area contributed by atoms with Crippen LogP contribution in [0, 0.1) is 4.43 Å². The summed E-state index contributed by atoms with van der Waals surface area (Å²) in [6.45, 7) is 0. The van der Waals surface area contributed by atoms with E-state index in [1.807, 2.05) is 0 Å². The predicted octanol–water partition coefficient (Wildman–Crippen LogP) is 2.78. The van der Waals surface area contributed by atoms with Crippen LogP contribution in [0.5, 0.6) is 0 Å². The normalized spacial score (nSPS) is 9.60. The molecular formula is C2H2I3. The maximum atomic E-state index is 2.33. The minimum atomic E-state index is 0.686. The van der Waals surface area contributed by atoms with Crippen molar-refractivity contribution in [3.8, 4) is 0 Å². The van der Waals surface area contributed by atoms with Gasteiger partial charge in [-0.15, -0.1) is 0 Å². The molecule has 1 radical (unpaired) electrons. The van der Waals surface area contributed by atoms with E-state index in [1.165, 1.54) is 0 Å². The summed E-state index contributed by atoms with van der Waals surface area (Å²) in [5.74, 6) is 0. The second kappa shape index (κ2) is 4.35. The molecule has 0 aliphatic carbocycles. The first-order valence-electron chi connectivity index (χ1n) is 0.988. The third-order valence-corrected chi connectivity index (χ3v) is 4.29. The van der Waals surface area contributed by atoms with Crippen LogP contribution in [0.3, 0.4) is 0 Å². The molecule has 0 rings (SSSR count). The fourth-order valence-corrected chi connectivity index (χ4v) is 0. The zero-order valence-electron chi connectivity index (χ0n) is 2.29. The molecule has 0 saturated carbocycles. The summed E-state index contributed by atoms with van der Waals surface area (Å²) < 4.78 is 2.80. The first-order valence-corrected chi connectivity index (χ1v) is 4.72. The highest BCUT2D eigenvalue weighted by molar-refractivity contribution is 14.2. The topological polar surface area (TPSA) is 0 Å². The molecule has 0 aliphatic heterocycles. The van der Waals surface area contributed by atoms with Crippen LogP contribution in [0.4, 0.5) is 0 Å². The first-order chi connectivity index (χ1) is 2.27. The monoisotopic (exact) mass is 407 g/mol. The van der Waals surface area contributed by atoms with E-state index in [1.54, 1.807) is 0 Å². The van der Waals surface area contributed by atoms with E-state index >= 15 is 0 Å². The van der Waals surface area contributed by atoms with Gasteiger partial charge in [0.05, 0.1) is 1.93 Å². The van der Waals surface area contributed by atoms with Gasteiger partial charge < -0.3 is 0 Å². The van der Waals surface area contributed by atoms with Gasteiger partial charge in [0.2, 0.25) is 0 Å². The maximum absolute atomic E-state index is 2.33. The fraction of sp³-hybridized carbons (Fsp3) is 0.500. The molecule has 0 saturated heterocycles. The van der Waals surface area contributed by atoms with Crippen LogP contribution in [0.1, 0.15) is 0 Å². The Morgan fingerprint density at radius 1 is 1.40 bits per heavy atom. The lowest BCUT2D eigenvalue weighted by Gasteiger charge is -1.83. The van der Waals surface area contributed by atoms with E-state index < -0.39 is 0 Å². The summed E-state index contributed by atoms with van der Waals surface area (Å²) in [5, 5.41) is 0. The van der Waals surface area contributed by atoms with Crippen LogP contribution >= 0.6 is 67.8 Å². The zero-order chi connectivity index (χ0) is 4.28. The van der Waals surface area contributed by atoms with Crippen molar-refractivity contribution in [3.05, 3.63) is 4.43 Å². The number of halogens is 3. The van der Waals surface area contributed by atoms with Crippen molar-refractivity contribution < 1.29 is 0 Å². The molecule has 0 N–H and O–H groups in total. The smallest absolute Gasteiger partial charge is 0.0754 e. The van der Waals surface area contributed by atoms with Gasteiger partial charge in [-0.05, 0) is 0 Å². The van der Waals surface area contributed by atoms with Crippen LogP contribution in [-0.4, -0.2) is 1.93 Å². The van der Waals surface area contributed by atoms with E-state index in [0.29, 0.717) is 1.93 Å². The third kappa shape index (κ3) is 6.19. The number of hydrogen-bond donors (Lipinski definition) is 0. The largest absolute Gasteiger partial charge is 0.0794 e. The van der Waals surface area contributed by atoms with Gasteiger partial charge in [0.1, 0.15) is 0 Å². The van der Waals surface area contributed by atoms with Gasteiger partial charge in [-0.25, -0.2) is 0 Å². The van der Waals surface area contributed by atoms with Gasteiger partial charge in [0.15, 0.2) is 0 Å². The van der Waals surface area contributed by atoms with Gasteiger partial charge in [-0.1, -0.05) is 67.8 Å². The molecule has 0 fully saturated rings. The Morgan fingerprint density at radius 2 is 1.60 bits per heavy atom. The van der Waals surface area contributed by atoms with E-state index in [9.17, 15) is 0 Å². The van der Waals surface area contributed by atoms with Crippen molar-refractivity contribution >= 4 is 67.8 Å². The lowest BCUT2D eigenvalue weighted by molar-refractivity contribution is 1.82. The second-order valence-corrected chi connectivity index (χ2v) is 6.25. The van der Waals surface area contributed by atoms with Crippen LogP contribution in [0.15, 0.2) is 0 Å². The SMILES string of the molecule is I[CH]C(I)I. The third-order valence-electron chi connectivity index (χ3n) is 0.0952. The molecule has 0 aromatic heterocycles. The van der Waals surface area contributed by atoms with Crippen molar-refractivity contribution in [3.63, 3.8) is 0 Å². The molecule has 31 valence electrons. The summed E-state index contributed by atoms with van der Waals surface area (Å²) in [6, 6.07) is 0. The van der Waals surface area contributed by atoms with Crippen molar-refractivity contribution in [2.75, 3.05) is 0 Å². The standard InChI is InChI=1S/C2H2I3/c3-1-2(4)5/h1-2H. The minimum Gasteiger partial charge on any atom is -0.0794 e. The summed E-state index contributed by atoms with van der Waals surface area (Å²) in [6.07, 6.45) is 0. The number of rotatable bonds is 1. The van der Waals surface area contributed by atoms with Crippen LogP contribution in [0.25, 0.3) is 0 Å². The summed E-state index contributed by atoms with van der Waals surface area (Å²) >= 11 is 6.90. The van der Waals surface area contributed by atoms with Gasteiger partial charge in [0, 0.05) is 4.43 Å². The van der Waals surface area contributed by atoms with Crippen LogP contribution < -0.4 is 0 Å². The average Bonchev–Trinajstić information content (AvgIpc) is 1.38. The molecule has 0 atom stereocenters. The Labute approximate surface area is 72.9 Å². The molecular weight excluding hydrogens is 405 g/mol. The predicted molar refractivity (Wildman–Crippen MR) is 50.1 cm³/mol. The van der Waals surface area contributed by atoms with Crippen LogP contribution in [-0.2, 0) is 0 Å². The van der Waals surface area contributed by atoms with Crippen molar-refractivity contribution in [2.45, 2.75) is 1.93 Å². The van der Waals surface area contributed by atoms with E-state index in [4.69, 9.17) is 0 Å². The van der Waals surface area contributed by atoms with Gasteiger partial charge in [-0.2, -0.15) is 0 Å². The maximum Gasteiger partial charge on any atom is 0.0754 e. The Hall–Kier alpha value is 2.19. The molecule has 0 aliphatic rings. The first kappa shape index (κ1) is 7.19. The average molecular weight is 407 g/mol. The Bertz CT molecular complexity index is 18.9. The molecule has 0 heterocycles. The van der Waals surface area contributed by atoms with Gasteiger partial charge in [0.25, 0.3) is 0 Å². The second-order valence-electron chi connectivity index (χ2n) is 0.460. The minimum absolute atomic E-state index is 0.686. The molecule has 0 unspecified atom stereocenters. The summed E-state index contributed by atoms with van der Waals surface area (Å²) in [4.78, 5) is 0. The summed E-state index contributed by atoms with van der Waals surface area (Å²) in [5.41, 5.74) is 0. The Kier molecular flexibility index (Phi) is 6.26. The van der Waals surface area contributed by atoms with Crippen molar-refractivity contribution in [2.24, 2.45) is 0 Å². The Balaban J connectivity index is 2.54. The molecule has 3 heteroatoms. The van der Waals surface area contributed by atoms with E-state index in [-0.39, 0.29) is 0 Å². The molecule has 0 aromatic carbocycles. The van der Waals surface area contributed by atoms with E-state index in [2.05, 4.69) is 72.2 Å². The van der Waals surface area contributed by atoms with E-state index in [0.717, 1.165) is 0 Å². The lowest BCUT2D eigenvalue weighted by atomic mass is 11.0.